The van der Waals surface area contributed by atoms with Crippen LogP contribution in [-0.4, -0.2) is 153 Å². The third kappa shape index (κ3) is 41.5. The van der Waals surface area contributed by atoms with Gasteiger partial charge in [0.15, 0.2) is 0 Å². The summed E-state index contributed by atoms with van der Waals surface area (Å²) >= 11 is 0. The summed E-state index contributed by atoms with van der Waals surface area (Å²) in [5.74, 6) is 0. The summed E-state index contributed by atoms with van der Waals surface area (Å²) in [6.45, 7) is 16.5. The maximum atomic E-state index is 5.56. The molecule has 36 heavy (non-hydrogen) atoms. The molecule has 0 saturated carbocycles. The van der Waals surface area contributed by atoms with Gasteiger partial charge in [-0.25, -0.2) is 0 Å². The molecule has 0 spiro atoms. The van der Waals surface area contributed by atoms with Gasteiger partial charge >= 0.3 is 0 Å². The molecular weight excluding hydrogens is 591 g/mol. The average Bonchev–Trinajstić information content (AvgIpc) is 2.76. The van der Waals surface area contributed by atoms with Crippen molar-refractivity contribution in [3.63, 3.8) is 0 Å². The summed E-state index contributed by atoms with van der Waals surface area (Å²) in [5, 5.41) is 20.3. The Kier molecular flexibility index (Phi) is 62.2. The second kappa shape index (κ2) is 45.3. The van der Waals surface area contributed by atoms with Gasteiger partial charge in [-0.3, -0.25) is 0 Å². The molecule has 1 fully saturated rings. The molecule has 1 rings (SSSR count). The Morgan fingerprint density at radius 2 is 0.444 bits per heavy atom. The van der Waals surface area contributed by atoms with Crippen molar-refractivity contribution in [3.8, 4) is 0 Å². The number of hydrogen-bond acceptors (Lipinski definition) is 10. The predicted octanol–water partition coefficient (Wildman–Crippen LogP) is -8.69. The molecular formula is C20H54BrN6NiO8-. The van der Waals surface area contributed by atoms with Crippen LogP contribution in [0.3, 0.4) is 0 Å². The van der Waals surface area contributed by atoms with E-state index in [2.05, 4.69) is 31.9 Å². The van der Waals surface area contributed by atoms with Gasteiger partial charge in [-0.05, 0) is 0 Å². The first-order valence-electron chi connectivity index (χ1n) is 11.6. The smallest absolute Gasteiger partial charge is 0.0701 e. The Labute approximate surface area is 237 Å². The van der Waals surface area contributed by atoms with Crippen LogP contribution in [0.5, 0.6) is 0 Å². The van der Waals surface area contributed by atoms with Crippen molar-refractivity contribution in [1.29, 1.82) is 0 Å². The molecule has 0 aliphatic carbocycles. The summed E-state index contributed by atoms with van der Waals surface area (Å²) in [7, 11) is 0. The quantitative estimate of drug-likeness (QED) is 0.136. The Morgan fingerprint density at radius 3 is 0.639 bits per heavy atom. The van der Waals surface area contributed by atoms with Gasteiger partial charge in [0.2, 0.25) is 0 Å². The van der Waals surface area contributed by atoms with Gasteiger partial charge in [0.25, 0.3) is 0 Å². The van der Waals surface area contributed by atoms with E-state index in [4.69, 9.17) is 18.9 Å². The molecule has 14 nitrogen and oxygen atoms in total. The van der Waals surface area contributed by atoms with E-state index in [1.807, 2.05) is 0 Å². The van der Waals surface area contributed by atoms with Crippen LogP contribution >= 0.6 is 0 Å². The van der Waals surface area contributed by atoms with Crippen LogP contribution in [0.4, 0.5) is 0 Å². The van der Waals surface area contributed by atoms with Crippen molar-refractivity contribution in [2.45, 2.75) is 0 Å². The van der Waals surface area contributed by atoms with Crippen molar-refractivity contribution in [2.75, 3.05) is 131 Å². The van der Waals surface area contributed by atoms with Crippen molar-refractivity contribution < 1.29 is 74.3 Å². The van der Waals surface area contributed by atoms with Crippen LogP contribution < -0.4 is 48.9 Å². The molecule has 1 saturated heterocycles. The van der Waals surface area contributed by atoms with E-state index in [9.17, 15) is 0 Å². The number of hydrogen-bond donors (Lipinski definition) is 6. The Morgan fingerprint density at radius 1 is 0.278 bits per heavy atom. The van der Waals surface area contributed by atoms with E-state index >= 15 is 0 Å². The summed E-state index contributed by atoms with van der Waals surface area (Å²) < 4.78 is 22.2. The summed E-state index contributed by atoms with van der Waals surface area (Å²) in [5.41, 5.74) is 0. The molecule has 1 aliphatic heterocycles. The summed E-state index contributed by atoms with van der Waals surface area (Å²) in [4.78, 5) is 0. The molecule has 1 aliphatic rings. The minimum Gasteiger partial charge on any atom is -1.00 e. The molecule has 0 aromatic rings. The van der Waals surface area contributed by atoms with Crippen LogP contribution in [0.1, 0.15) is 0 Å². The maximum absolute atomic E-state index is 5.56. The summed E-state index contributed by atoms with van der Waals surface area (Å²) in [6, 6.07) is 0. The molecule has 0 bridgehead atoms. The van der Waals surface area contributed by atoms with Gasteiger partial charge in [-0.15, -0.1) is 0 Å². The van der Waals surface area contributed by atoms with Gasteiger partial charge in [0, 0.05) is 95.0 Å². The van der Waals surface area contributed by atoms with E-state index < -0.39 is 0 Å². The van der Waals surface area contributed by atoms with E-state index in [0.29, 0.717) is 52.9 Å². The van der Waals surface area contributed by atoms with Crippen molar-refractivity contribution in [3.05, 3.63) is 0 Å². The van der Waals surface area contributed by atoms with Crippen molar-refractivity contribution >= 4 is 0 Å². The molecule has 0 radical (unpaired) electrons. The standard InChI is InChI=1S/C20H46N6O4.BrH.Ni.4H2O/c1-5-23-9-13-27-17-18-29-15-11-25-7-3-22-4-8-26-12-16-30-20-19-28-14-10-24-6-2-21-1;;;;;;/h21-26H,1-20H2;1H;;4*1H2/p-1. The first kappa shape index (κ1) is 49.4. The third-order valence-corrected chi connectivity index (χ3v) is 4.35. The molecule has 0 atom stereocenters. The van der Waals surface area contributed by atoms with Gasteiger partial charge in [-0.1, -0.05) is 0 Å². The van der Waals surface area contributed by atoms with Crippen LogP contribution in [0, 0.1) is 0 Å². The van der Waals surface area contributed by atoms with Gasteiger partial charge in [0.05, 0.1) is 52.9 Å². The fourth-order valence-electron chi connectivity index (χ4n) is 2.68. The van der Waals surface area contributed by atoms with Crippen LogP contribution in [0.25, 0.3) is 0 Å². The minimum atomic E-state index is 0. The molecule has 0 amide bonds. The SMILES string of the molecule is C1CNCCOCCOCCNCCNCCNCCOCCOCCNCCN1.O.O.O.O.[Br-].[Ni]. The van der Waals surface area contributed by atoms with Crippen LogP contribution in [-0.2, 0) is 35.4 Å². The van der Waals surface area contributed by atoms with E-state index in [1.165, 1.54) is 0 Å². The predicted molar refractivity (Wildman–Crippen MR) is 135 cm³/mol. The van der Waals surface area contributed by atoms with Gasteiger partial charge in [0.1, 0.15) is 0 Å². The normalized spacial score (nSPS) is 20.0. The second-order valence-electron chi connectivity index (χ2n) is 6.95. The van der Waals surface area contributed by atoms with E-state index in [0.717, 1.165) is 78.5 Å². The van der Waals surface area contributed by atoms with Crippen molar-refractivity contribution in [2.24, 2.45) is 0 Å². The number of nitrogens with one attached hydrogen (secondary N) is 6. The minimum absolute atomic E-state index is 0. The fraction of sp³-hybridized carbons (Fsp3) is 1.00. The zero-order valence-corrected chi connectivity index (χ0v) is 24.0. The molecule has 0 aromatic carbocycles. The van der Waals surface area contributed by atoms with Crippen LogP contribution in [0.2, 0.25) is 0 Å². The zero-order chi connectivity index (χ0) is 21.2. The number of halogens is 1. The topological polar surface area (TPSA) is 235 Å². The Balaban J connectivity index is -0.000000375. The van der Waals surface area contributed by atoms with Crippen LogP contribution in [0.15, 0.2) is 0 Å². The zero-order valence-electron chi connectivity index (χ0n) is 21.5. The van der Waals surface area contributed by atoms with Gasteiger partial charge in [-0.2, -0.15) is 0 Å². The average molecular weight is 645 g/mol. The Bertz CT molecular complexity index is 207. The largest absolute Gasteiger partial charge is 1.00 e. The monoisotopic (exact) mass is 643 g/mol. The Hall–Kier alpha value is 0.414. The molecule has 0 unspecified atom stereocenters. The second-order valence-corrected chi connectivity index (χ2v) is 6.95. The third-order valence-electron chi connectivity index (χ3n) is 4.35. The number of rotatable bonds is 0. The molecule has 16 heteroatoms. The first-order valence-corrected chi connectivity index (χ1v) is 11.6. The summed E-state index contributed by atoms with van der Waals surface area (Å²) in [6.07, 6.45) is 0. The molecule has 230 valence electrons. The van der Waals surface area contributed by atoms with Crippen molar-refractivity contribution in [1.82, 2.24) is 31.9 Å². The maximum Gasteiger partial charge on any atom is 0.0701 e. The molecule has 0 aromatic heterocycles. The van der Waals surface area contributed by atoms with Gasteiger partial charge < -0.3 is 89.7 Å². The molecule has 14 N–H and O–H groups in total. The van der Waals surface area contributed by atoms with E-state index in [-0.39, 0.29) is 55.4 Å². The first-order chi connectivity index (χ1) is 15.0. The number of ether oxygens (including phenoxy) is 4. The molecule has 1 heterocycles. The fourth-order valence-corrected chi connectivity index (χ4v) is 2.68. The van der Waals surface area contributed by atoms with E-state index in [1.54, 1.807) is 0 Å².